The van der Waals surface area contributed by atoms with Gasteiger partial charge in [0.05, 0.1) is 18.6 Å². The third kappa shape index (κ3) is 5.06. The molecule has 36 heavy (non-hydrogen) atoms. The van der Waals surface area contributed by atoms with Gasteiger partial charge >= 0.3 is 17.7 Å². The topological polar surface area (TPSA) is 141 Å². The number of esters is 1. The number of nitrogens with one attached hydrogen (secondary N) is 1. The number of rotatable bonds is 8. The van der Waals surface area contributed by atoms with E-state index >= 15 is 0 Å². The molecule has 1 saturated heterocycles. The fourth-order valence-electron chi connectivity index (χ4n) is 3.44. The van der Waals surface area contributed by atoms with Gasteiger partial charge in [0.25, 0.3) is 5.91 Å². The van der Waals surface area contributed by atoms with E-state index < -0.39 is 28.6 Å². The summed E-state index contributed by atoms with van der Waals surface area (Å²) in [5, 5.41) is 14.0. The van der Waals surface area contributed by atoms with Crippen molar-refractivity contribution in [3.05, 3.63) is 98.9 Å². The average molecular weight is 495 g/mol. The Labute approximate surface area is 202 Å². The highest BCUT2D eigenvalue weighted by molar-refractivity contribution is 6.14. The van der Waals surface area contributed by atoms with Crippen molar-refractivity contribution in [3.8, 4) is 5.75 Å². The normalized spacial score (nSPS) is 14.2. The van der Waals surface area contributed by atoms with Crippen LogP contribution >= 0.6 is 0 Å². The van der Waals surface area contributed by atoms with Crippen molar-refractivity contribution in [2.75, 3.05) is 7.11 Å². The number of amides is 3. The zero-order valence-corrected chi connectivity index (χ0v) is 18.7. The summed E-state index contributed by atoms with van der Waals surface area (Å²) in [4.78, 5) is 48.6. The Bertz CT molecular complexity index is 1400. The number of urea groups is 1. The lowest BCUT2D eigenvalue weighted by Gasteiger charge is -2.11. The Balaban J connectivity index is 1.59. The number of halogens is 1. The second kappa shape index (κ2) is 10.1. The molecule has 4 rings (SSSR count). The van der Waals surface area contributed by atoms with E-state index in [2.05, 4.69) is 10.1 Å². The van der Waals surface area contributed by atoms with E-state index in [1.165, 1.54) is 61.7 Å². The van der Waals surface area contributed by atoms with Crippen molar-refractivity contribution in [1.82, 2.24) is 10.2 Å². The zero-order valence-electron chi connectivity index (χ0n) is 18.7. The highest BCUT2D eigenvalue weighted by Gasteiger charge is 2.35. The van der Waals surface area contributed by atoms with Crippen LogP contribution in [0.5, 0.6) is 5.75 Å². The number of nitro benzene ring substituents is 1. The van der Waals surface area contributed by atoms with Crippen LogP contribution in [0.3, 0.4) is 0 Å². The van der Waals surface area contributed by atoms with E-state index in [1.807, 2.05) is 0 Å². The van der Waals surface area contributed by atoms with Gasteiger partial charge in [-0.05, 0) is 35.9 Å². The van der Waals surface area contributed by atoms with Crippen LogP contribution in [-0.4, -0.2) is 34.8 Å². The molecule has 3 amide bonds. The minimum atomic E-state index is -0.755. The predicted octanol–water partition coefficient (Wildman–Crippen LogP) is 3.79. The molecule has 11 nitrogen and oxygen atoms in total. The summed E-state index contributed by atoms with van der Waals surface area (Å²) in [6.07, 6.45) is 1.25. The number of hydrogen-bond acceptors (Lipinski definition) is 8. The molecule has 1 N–H and O–H groups in total. The largest absolute Gasteiger partial charge is 0.482 e. The summed E-state index contributed by atoms with van der Waals surface area (Å²) in [6, 6.07) is 11.7. The maximum absolute atomic E-state index is 13.5. The molecule has 2 heterocycles. The summed E-state index contributed by atoms with van der Waals surface area (Å²) in [5.74, 6) is -2.01. The van der Waals surface area contributed by atoms with Gasteiger partial charge < -0.3 is 19.2 Å². The number of para-hydroxylation sites is 1. The molecule has 0 aliphatic carbocycles. The van der Waals surface area contributed by atoms with E-state index in [-0.39, 0.29) is 47.4 Å². The number of furan rings is 1. The molecule has 0 bridgehead atoms. The lowest BCUT2D eigenvalue weighted by atomic mass is 10.1. The van der Waals surface area contributed by atoms with Gasteiger partial charge in [-0.15, -0.1) is 0 Å². The number of carbonyl (C=O) groups is 3. The Morgan fingerprint density at radius 3 is 2.69 bits per heavy atom. The van der Waals surface area contributed by atoms with Crippen LogP contribution in [0.4, 0.5) is 14.9 Å². The number of imide groups is 1. The van der Waals surface area contributed by atoms with Crippen LogP contribution in [0, 0.1) is 15.9 Å². The number of carbonyl (C=O) groups excluding carboxylic acids is 3. The Morgan fingerprint density at radius 1 is 1.19 bits per heavy atom. The van der Waals surface area contributed by atoms with Gasteiger partial charge in [0.15, 0.2) is 0 Å². The third-order valence-electron chi connectivity index (χ3n) is 5.12. The summed E-state index contributed by atoms with van der Waals surface area (Å²) >= 11 is 0. The van der Waals surface area contributed by atoms with Crippen molar-refractivity contribution in [1.29, 1.82) is 0 Å². The summed E-state index contributed by atoms with van der Waals surface area (Å²) in [5.41, 5.74) is 0.0567. The van der Waals surface area contributed by atoms with Crippen LogP contribution in [0.15, 0.2) is 64.7 Å². The fraction of sp³-hybridized carbons (Fsp3) is 0.125. The number of hydrogen-bond donors (Lipinski definition) is 1. The molecule has 0 atom stereocenters. The smallest absolute Gasteiger partial charge is 0.373 e. The van der Waals surface area contributed by atoms with Gasteiger partial charge in [-0.2, -0.15) is 0 Å². The summed E-state index contributed by atoms with van der Waals surface area (Å²) in [6.45, 7) is -0.441. The third-order valence-corrected chi connectivity index (χ3v) is 5.12. The molecule has 0 spiro atoms. The maximum atomic E-state index is 13.5. The Morgan fingerprint density at radius 2 is 1.97 bits per heavy atom. The van der Waals surface area contributed by atoms with Crippen molar-refractivity contribution < 1.29 is 37.6 Å². The van der Waals surface area contributed by atoms with E-state index in [0.717, 1.165) is 4.90 Å². The van der Waals surface area contributed by atoms with Crippen LogP contribution in [0.2, 0.25) is 0 Å². The molecule has 12 heteroatoms. The molecule has 3 aromatic rings. The van der Waals surface area contributed by atoms with Gasteiger partial charge in [-0.25, -0.2) is 14.0 Å². The van der Waals surface area contributed by atoms with Crippen molar-refractivity contribution in [2.45, 2.75) is 13.2 Å². The van der Waals surface area contributed by atoms with Gasteiger partial charge in [0.1, 0.15) is 23.9 Å². The predicted molar refractivity (Wildman–Crippen MR) is 121 cm³/mol. The molecule has 0 unspecified atom stereocenters. The van der Waals surface area contributed by atoms with E-state index in [9.17, 15) is 28.9 Å². The second-order valence-corrected chi connectivity index (χ2v) is 7.51. The van der Waals surface area contributed by atoms with Gasteiger partial charge in [0, 0.05) is 11.6 Å². The molecule has 0 radical (unpaired) electrons. The zero-order chi connectivity index (χ0) is 25.8. The lowest BCUT2D eigenvalue weighted by molar-refractivity contribution is -0.386. The second-order valence-electron chi connectivity index (χ2n) is 7.51. The number of nitrogens with zero attached hydrogens (tertiary/aromatic N) is 2. The lowest BCUT2D eigenvalue weighted by Crippen LogP contribution is -2.30. The van der Waals surface area contributed by atoms with Crippen LogP contribution in [0.1, 0.15) is 27.4 Å². The SMILES string of the molecule is COC(=O)c1ccc(CN2C(=O)NC(=Cc3cccc([N+](=O)[O-])c3OCc3cccc(F)c3)C2=O)o1. The van der Waals surface area contributed by atoms with E-state index in [1.54, 1.807) is 6.07 Å². The average Bonchev–Trinajstić information content (AvgIpc) is 3.43. The standard InChI is InChI=1S/C24H18FN3O8/c1-34-23(30)20-9-8-17(36-20)12-27-22(29)18(26-24(27)31)11-15-5-3-7-19(28(32)33)21(15)35-13-14-4-2-6-16(25)10-14/h2-11H,12-13H2,1H3,(H,26,31). The first-order chi connectivity index (χ1) is 17.3. The first-order valence-electron chi connectivity index (χ1n) is 10.4. The molecule has 2 aromatic carbocycles. The number of benzene rings is 2. The van der Waals surface area contributed by atoms with E-state index in [0.29, 0.717) is 5.56 Å². The molecule has 0 saturated carbocycles. The first-order valence-corrected chi connectivity index (χ1v) is 10.4. The van der Waals surface area contributed by atoms with Crippen molar-refractivity contribution in [2.24, 2.45) is 0 Å². The monoisotopic (exact) mass is 495 g/mol. The molecular formula is C24H18FN3O8. The van der Waals surface area contributed by atoms with Crippen LogP contribution in [-0.2, 0) is 22.7 Å². The van der Waals surface area contributed by atoms with Crippen LogP contribution in [0.25, 0.3) is 6.08 Å². The van der Waals surface area contributed by atoms with Crippen molar-refractivity contribution >= 4 is 29.7 Å². The minimum absolute atomic E-state index is 0.0907. The van der Waals surface area contributed by atoms with Gasteiger partial charge in [-0.1, -0.05) is 24.3 Å². The minimum Gasteiger partial charge on any atom is -0.482 e. The van der Waals surface area contributed by atoms with Gasteiger partial charge in [0.2, 0.25) is 11.5 Å². The number of ether oxygens (including phenoxy) is 2. The molecule has 184 valence electrons. The van der Waals surface area contributed by atoms with E-state index in [4.69, 9.17) is 9.15 Å². The maximum Gasteiger partial charge on any atom is 0.373 e. The quantitative estimate of drug-likeness (QED) is 0.164. The summed E-state index contributed by atoms with van der Waals surface area (Å²) < 4.78 is 29.0. The molecule has 1 aromatic heterocycles. The number of nitro groups is 1. The number of methoxy groups -OCH3 is 1. The molecule has 1 aliphatic rings. The Hall–Kier alpha value is -5.00. The van der Waals surface area contributed by atoms with Gasteiger partial charge in [-0.3, -0.25) is 19.8 Å². The molecule has 1 aliphatic heterocycles. The van der Waals surface area contributed by atoms with Crippen molar-refractivity contribution in [3.63, 3.8) is 0 Å². The Kier molecular flexibility index (Phi) is 6.77. The fourth-order valence-corrected chi connectivity index (χ4v) is 3.44. The first kappa shape index (κ1) is 24.1. The molecule has 1 fully saturated rings. The highest BCUT2D eigenvalue weighted by Crippen LogP contribution is 2.33. The molecular weight excluding hydrogens is 477 g/mol. The van der Waals surface area contributed by atoms with Crippen LogP contribution < -0.4 is 10.1 Å². The highest BCUT2D eigenvalue weighted by atomic mass is 19.1. The summed E-state index contributed by atoms with van der Waals surface area (Å²) in [7, 11) is 1.18.